The van der Waals surface area contributed by atoms with Gasteiger partial charge < -0.3 is 4.42 Å². The molecule has 0 N–H and O–H groups in total. The Labute approximate surface area is 269 Å². The standard InChI is InChI=1S/C44H26OS/c1-2-11-28(12-3-1)39-26-46-42-25-37-36-23-29(21-22-40(36)45-41(37)24-38(39)42)43-32-16-6-8-18-34(32)44(35-19-9-7-17-33(35)43)31-20-10-14-27-13-4-5-15-30(27)31/h1-26H. The Balaban J connectivity index is 1.24. The molecule has 8 aromatic carbocycles. The highest BCUT2D eigenvalue weighted by molar-refractivity contribution is 7.17. The van der Waals surface area contributed by atoms with Gasteiger partial charge in [0.25, 0.3) is 0 Å². The average molecular weight is 603 g/mol. The number of benzene rings is 8. The van der Waals surface area contributed by atoms with Crippen LogP contribution in [0.25, 0.3) is 97.7 Å². The summed E-state index contributed by atoms with van der Waals surface area (Å²) in [6.07, 6.45) is 0. The Morgan fingerprint density at radius 2 is 1.00 bits per heavy atom. The van der Waals surface area contributed by atoms with Crippen molar-refractivity contribution in [1.82, 2.24) is 0 Å². The van der Waals surface area contributed by atoms with E-state index in [1.54, 1.807) is 11.3 Å². The highest BCUT2D eigenvalue weighted by Crippen LogP contribution is 2.46. The number of hydrogen-bond donors (Lipinski definition) is 0. The van der Waals surface area contributed by atoms with Crippen LogP contribution in [0.2, 0.25) is 0 Å². The lowest BCUT2D eigenvalue weighted by atomic mass is 9.84. The van der Waals surface area contributed by atoms with Crippen LogP contribution in [0, 0.1) is 0 Å². The molecule has 214 valence electrons. The maximum atomic E-state index is 6.51. The second-order valence-corrected chi connectivity index (χ2v) is 13.0. The van der Waals surface area contributed by atoms with Crippen molar-refractivity contribution in [3.8, 4) is 33.4 Å². The van der Waals surface area contributed by atoms with Gasteiger partial charge in [-0.15, -0.1) is 11.3 Å². The zero-order valence-corrected chi connectivity index (χ0v) is 25.6. The summed E-state index contributed by atoms with van der Waals surface area (Å²) in [5.41, 5.74) is 9.34. The van der Waals surface area contributed by atoms with E-state index in [0.717, 1.165) is 21.9 Å². The van der Waals surface area contributed by atoms with Gasteiger partial charge >= 0.3 is 0 Å². The summed E-state index contributed by atoms with van der Waals surface area (Å²) in [5, 5.41) is 13.4. The molecule has 0 spiro atoms. The summed E-state index contributed by atoms with van der Waals surface area (Å²) in [7, 11) is 0. The largest absolute Gasteiger partial charge is 0.456 e. The van der Waals surface area contributed by atoms with E-state index in [1.165, 1.54) is 75.8 Å². The van der Waals surface area contributed by atoms with Crippen molar-refractivity contribution in [2.75, 3.05) is 0 Å². The fourth-order valence-electron chi connectivity index (χ4n) is 7.47. The van der Waals surface area contributed by atoms with E-state index in [4.69, 9.17) is 4.42 Å². The molecule has 2 heteroatoms. The first kappa shape index (κ1) is 25.6. The zero-order valence-electron chi connectivity index (χ0n) is 24.8. The minimum Gasteiger partial charge on any atom is -0.456 e. The normalized spacial score (nSPS) is 11.9. The highest BCUT2D eigenvalue weighted by Gasteiger charge is 2.19. The minimum absolute atomic E-state index is 0.915. The van der Waals surface area contributed by atoms with Crippen molar-refractivity contribution in [3.05, 3.63) is 157 Å². The number of rotatable bonds is 3. The second kappa shape index (κ2) is 9.90. The van der Waals surface area contributed by atoms with Crippen LogP contribution in [0.15, 0.2) is 161 Å². The van der Waals surface area contributed by atoms with Gasteiger partial charge in [0.05, 0.1) is 0 Å². The van der Waals surface area contributed by atoms with Crippen LogP contribution in [0.5, 0.6) is 0 Å². The van der Waals surface area contributed by atoms with Crippen LogP contribution in [-0.4, -0.2) is 0 Å². The molecule has 0 aliphatic heterocycles. The van der Waals surface area contributed by atoms with Gasteiger partial charge in [-0.25, -0.2) is 0 Å². The second-order valence-electron chi connectivity index (χ2n) is 12.0. The summed E-state index contributed by atoms with van der Waals surface area (Å²) >= 11 is 1.80. The number of thiophene rings is 1. The Hall–Kier alpha value is -5.70. The summed E-state index contributed by atoms with van der Waals surface area (Å²) < 4.78 is 7.78. The molecular weight excluding hydrogens is 577 g/mol. The predicted octanol–water partition coefficient (Wildman–Crippen LogP) is 13.3. The molecule has 1 nitrogen and oxygen atoms in total. The van der Waals surface area contributed by atoms with Crippen molar-refractivity contribution in [2.45, 2.75) is 0 Å². The van der Waals surface area contributed by atoms with Gasteiger partial charge in [-0.2, -0.15) is 0 Å². The van der Waals surface area contributed by atoms with Crippen LogP contribution in [-0.2, 0) is 0 Å². The summed E-state index contributed by atoms with van der Waals surface area (Å²) in [6.45, 7) is 0. The molecule has 0 amide bonds. The molecule has 0 aliphatic carbocycles. The smallest absolute Gasteiger partial charge is 0.136 e. The third-order valence-corrected chi connectivity index (χ3v) is 10.5. The maximum absolute atomic E-state index is 6.51. The van der Waals surface area contributed by atoms with E-state index < -0.39 is 0 Å². The molecule has 0 saturated heterocycles. The molecule has 0 aliphatic rings. The Morgan fingerprint density at radius 3 is 1.76 bits per heavy atom. The fraction of sp³-hybridized carbons (Fsp3) is 0. The molecule has 0 unspecified atom stereocenters. The van der Waals surface area contributed by atoms with Gasteiger partial charge in [-0.1, -0.05) is 127 Å². The average Bonchev–Trinajstić information content (AvgIpc) is 3.70. The van der Waals surface area contributed by atoms with E-state index in [1.807, 2.05) is 0 Å². The zero-order chi connectivity index (χ0) is 30.2. The monoisotopic (exact) mass is 602 g/mol. The molecule has 10 aromatic rings. The predicted molar refractivity (Wildman–Crippen MR) is 198 cm³/mol. The third kappa shape index (κ3) is 3.74. The molecule has 2 heterocycles. The van der Waals surface area contributed by atoms with Crippen molar-refractivity contribution in [2.24, 2.45) is 0 Å². The first-order valence-electron chi connectivity index (χ1n) is 15.7. The quantitative estimate of drug-likeness (QED) is 0.183. The fourth-order valence-corrected chi connectivity index (χ4v) is 8.46. The molecule has 2 aromatic heterocycles. The minimum atomic E-state index is 0.915. The van der Waals surface area contributed by atoms with Gasteiger partial charge in [-0.3, -0.25) is 0 Å². The summed E-state index contributed by atoms with van der Waals surface area (Å²) in [6, 6.07) is 55.0. The lowest BCUT2D eigenvalue weighted by molar-refractivity contribution is 0.669. The topological polar surface area (TPSA) is 13.1 Å². The molecule has 0 fully saturated rings. The molecule has 0 radical (unpaired) electrons. The van der Waals surface area contributed by atoms with Gasteiger partial charge in [0.15, 0.2) is 0 Å². The molecule has 46 heavy (non-hydrogen) atoms. The van der Waals surface area contributed by atoms with E-state index >= 15 is 0 Å². The Kier molecular flexibility index (Phi) is 5.51. The first-order valence-corrected chi connectivity index (χ1v) is 16.5. The lowest BCUT2D eigenvalue weighted by Gasteiger charge is -2.18. The molecular formula is C44H26OS. The number of hydrogen-bond acceptors (Lipinski definition) is 2. The molecule has 0 atom stereocenters. The van der Waals surface area contributed by atoms with Crippen LogP contribution in [0.3, 0.4) is 0 Å². The maximum Gasteiger partial charge on any atom is 0.136 e. The van der Waals surface area contributed by atoms with Crippen LogP contribution >= 0.6 is 11.3 Å². The van der Waals surface area contributed by atoms with Crippen LogP contribution < -0.4 is 0 Å². The highest BCUT2D eigenvalue weighted by atomic mass is 32.1. The lowest BCUT2D eigenvalue weighted by Crippen LogP contribution is -1.91. The molecule has 0 bridgehead atoms. The summed E-state index contributed by atoms with van der Waals surface area (Å²) in [5.74, 6) is 0. The van der Waals surface area contributed by atoms with Gasteiger partial charge in [-0.05, 0) is 89.8 Å². The van der Waals surface area contributed by atoms with E-state index in [0.29, 0.717) is 0 Å². The van der Waals surface area contributed by atoms with Crippen LogP contribution in [0.4, 0.5) is 0 Å². The van der Waals surface area contributed by atoms with Gasteiger partial charge in [0.1, 0.15) is 11.2 Å². The van der Waals surface area contributed by atoms with E-state index in [-0.39, 0.29) is 0 Å². The Bertz CT molecular complexity index is 2740. The van der Waals surface area contributed by atoms with Crippen molar-refractivity contribution < 1.29 is 4.42 Å². The van der Waals surface area contributed by atoms with Crippen molar-refractivity contribution in [1.29, 1.82) is 0 Å². The third-order valence-electron chi connectivity index (χ3n) is 9.53. The van der Waals surface area contributed by atoms with Crippen molar-refractivity contribution >= 4 is 75.7 Å². The summed E-state index contributed by atoms with van der Waals surface area (Å²) in [4.78, 5) is 0. The van der Waals surface area contributed by atoms with Gasteiger partial charge in [0, 0.05) is 26.4 Å². The SMILES string of the molecule is c1ccc(-c2csc3cc4c(cc23)oc2ccc(-c3c5ccccc5c(-c5cccc6ccccc56)c5ccccc35)cc24)cc1. The number of fused-ring (bicyclic) bond motifs is 7. The number of furan rings is 1. The Morgan fingerprint density at radius 1 is 0.370 bits per heavy atom. The van der Waals surface area contributed by atoms with E-state index in [9.17, 15) is 0 Å². The van der Waals surface area contributed by atoms with Gasteiger partial charge in [0.2, 0.25) is 0 Å². The first-order chi connectivity index (χ1) is 22.8. The van der Waals surface area contributed by atoms with Crippen LogP contribution in [0.1, 0.15) is 0 Å². The van der Waals surface area contributed by atoms with Crippen molar-refractivity contribution in [3.63, 3.8) is 0 Å². The van der Waals surface area contributed by atoms with E-state index in [2.05, 4.69) is 157 Å². The molecule has 0 saturated carbocycles. The molecule has 10 rings (SSSR count).